The van der Waals surface area contributed by atoms with Crippen molar-refractivity contribution in [2.75, 3.05) is 7.11 Å². The number of methoxy groups -OCH3 is 1. The molecule has 1 aromatic heterocycles. The average molecular weight is 189 g/mol. The predicted octanol–water partition coefficient (Wildman–Crippen LogP) is 1.06. The van der Waals surface area contributed by atoms with Gasteiger partial charge in [0, 0.05) is 24.7 Å². The Morgan fingerprint density at radius 1 is 1.43 bits per heavy atom. The molecule has 72 valence electrons. The Morgan fingerprint density at radius 3 is 2.93 bits per heavy atom. The molecule has 0 unspecified atom stereocenters. The first-order chi connectivity index (χ1) is 6.70. The van der Waals surface area contributed by atoms with E-state index in [4.69, 9.17) is 10.1 Å². The third-order valence-corrected chi connectivity index (χ3v) is 2.13. The number of ether oxygens (including phenoxy) is 1. The summed E-state index contributed by atoms with van der Waals surface area (Å²) < 4.78 is 6.76. The molecule has 0 fully saturated rings. The molecule has 4 nitrogen and oxygen atoms in total. The molecule has 0 amide bonds. The molecule has 0 aliphatic carbocycles. The van der Waals surface area contributed by atoms with Crippen LogP contribution in [0.5, 0.6) is 5.75 Å². The molecule has 0 spiro atoms. The third-order valence-electron chi connectivity index (χ3n) is 2.13. The van der Waals surface area contributed by atoms with Crippen molar-refractivity contribution < 1.29 is 4.74 Å². The Hall–Kier alpha value is -1.84. The number of fused-ring (bicyclic) bond motifs is 1. The first kappa shape index (κ1) is 8.74. The summed E-state index contributed by atoms with van der Waals surface area (Å²) in [4.78, 5) is 4.13. The molecule has 0 saturated carbocycles. The van der Waals surface area contributed by atoms with E-state index in [9.17, 15) is 0 Å². The minimum atomic E-state index is 0.241. The van der Waals surface area contributed by atoms with Crippen LogP contribution in [0.2, 0.25) is 0 Å². The summed E-state index contributed by atoms with van der Waals surface area (Å²) in [5, 5.41) is 8.54. The van der Waals surface area contributed by atoms with Crippen molar-refractivity contribution in [3.63, 3.8) is 0 Å². The van der Waals surface area contributed by atoms with Gasteiger partial charge < -0.3 is 9.30 Å². The lowest BCUT2D eigenvalue weighted by Gasteiger charge is -2.03. The average Bonchev–Trinajstić information content (AvgIpc) is 2.19. The van der Waals surface area contributed by atoms with E-state index in [1.54, 1.807) is 18.7 Å². The van der Waals surface area contributed by atoms with Gasteiger partial charge in [0.25, 0.3) is 0 Å². The number of hydrogen-bond acceptors (Lipinski definition) is 3. The standard InChI is InChI=1S/C10H11N3O/c1-13-6-7-3-4-8(14-2)5-9(7)12-10(13)11/h3-6,11H,1-2H3. The second-order valence-corrected chi connectivity index (χ2v) is 3.10. The Morgan fingerprint density at radius 2 is 2.21 bits per heavy atom. The fourth-order valence-electron chi connectivity index (χ4n) is 1.32. The molecule has 14 heavy (non-hydrogen) atoms. The third kappa shape index (κ3) is 1.35. The van der Waals surface area contributed by atoms with Gasteiger partial charge in [0.15, 0.2) is 0 Å². The maximum absolute atomic E-state index is 7.54. The van der Waals surface area contributed by atoms with Crippen molar-refractivity contribution in [3.05, 3.63) is 30.0 Å². The van der Waals surface area contributed by atoms with Gasteiger partial charge in [-0.3, -0.25) is 5.41 Å². The SMILES string of the molecule is COc1ccc2cn(C)c(=N)nc2c1. The van der Waals surface area contributed by atoms with E-state index in [0.29, 0.717) is 0 Å². The van der Waals surface area contributed by atoms with Gasteiger partial charge in [-0.25, -0.2) is 4.98 Å². The number of aromatic nitrogens is 2. The van der Waals surface area contributed by atoms with E-state index in [0.717, 1.165) is 16.7 Å². The molecular weight excluding hydrogens is 178 g/mol. The fourth-order valence-corrected chi connectivity index (χ4v) is 1.32. The fraction of sp³-hybridized carbons (Fsp3) is 0.200. The molecule has 0 saturated heterocycles. The van der Waals surface area contributed by atoms with Gasteiger partial charge >= 0.3 is 0 Å². The lowest BCUT2D eigenvalue weighted by Crippen LogP contribution is -2.19. The number of nitrogens with one attached hydrogen (secondary N) is 1. The van der Waals surface area contributed by atoms with Gasteiger partial charge in [-0.1, -0.05) is 0 Å². The largest absolute Gasteiger partial charge is 0.497 e. The molecule has 0 atom stereocenters. The van der Waals surface area contributed by atoms with Crippen LogP contribution in [-0.4, -0.2) is 16.7 Å². The molecule has 1 N–H and O–H groups in total. The van der Waals surface area contributed by atoms with Crippen LogP contribution in [0.1, 0.15) is 0 Å². The highest BCUT2D eigenvalue weighted by Crippen LogP contribution is 2.16. The first-order valence-electron chi connectivity index (χ1n) is 4.27. The highest BCUT2D eigenvalue weighted by Gasteiger charge is 1.98. The van der Waals surface area contributed by atoms with Crippen LogP contribution >= 0.6 is 0 Å². The van der Waals surface area contributed by atoms with Gasteiger partial charge in [0.05, 0.1) is 12.6 Å². The predicted molar refractivity (Wildman–Crippen MR) is 53.1 cm³/mol. The van der Waals surface area contributed by atoms with Crippen molar-refractivity contribution in [2.45, 2.75) is 0 Å². The Labute approximate surface area is 81.3 Å². The molecule has 2 aromatic rings. The van der Waals surface area contributed by atoms with Crippen molar-refractivity contribution in [1.82, 2.24) is 9.55 Å². The van der Waals surface area contributed by atoms with Crippen LogP contribution in [0.25, 0.3) is 10.9 Å². The van der Waals surface area contributed by atoms with Crippen molar-refractivity contribution in [2.24, 2.45) is 7.05 Å². The number of benzene rings is 1. The highest BCUT2D eigenvalue weighted by atomic mass is 16.5. The summed E-state index contributed by atoms with van der Waals surface area (Å²) in [5.74, 6) is 0.762. The van der Waals surface area contributed by atoms with Crippen LogP contribution in [0.3, 0.4) is 0 Å². The van der Waals surface area contributed by atoms with Crippen molar-refractivity contribution in [3.8, 4) is 5.75 Å². The monoisotopic (exact) mass is 189 g/mol. The van der Waals surface area contributed by atoms with Crippen LogP contribution in [0.4, 0.5) is 0 Å². The van der Waals surface area contributed by atoms with E-state index in [1.165, 1.54) is 0 Å². The van der Waals surface area contributed by atoms with E-state index in [2.05, 4.69) is 4.98 Å². The minimum absolute atomic E-state index is 0.241. The smallest absolute Gasteiger partial charge is 0.222 e. The van der Waals surface area contributed by atoms with Gasteiger partial charge in [0.2, 0.25) is 5.62 Å². The lowest BCUT2D eigenvalue weighted by molar-refractivity contribution is 0.415. The zero-order valence-corrected chi connectivity index (χ0v) is 8.11. The molecule has 0 radical (unpaired) electrons. The zero-order chi connectivity index (χ0) is 10.1. The topological polar surface area (TPSA) is 50.9 Å². The number of hydrogen-bond donors (Lipinski definition) is 1. The van der Waals surface area contributed by atoms with Crippen molar-refractivity contribution in [1.29, 1.82) is 5.41 Å². The lowest BCUT2D eigenvalue weighted by atomic mass is 10.2. The summed E-state index contributed by atoms with van der Waals surface area (Å²) in [6.45, 7) is 0. The summed E-state index contributed by atoms with van der Waals surface area (Å²) in [6.07, 6.45) is 1.88. The molecule has 1 aromatic carbocycles. The molecule has 1 heterocycles. The molecule has 0 bridgehead atoms. The van der Waals surface area contributed by atoms with Crippen molar-refractivity contribution >= 4 is 10.9 Å². The summed E-state index contributed by atoms with van der Waals surface area (Å²) in [6, 6.07) is 5.64. The van der Waals surface area contributed by atoms with Crippen LogP contribution in [0.15, 0.2) is 24.4 Å². The molecule has 2 rings (SSSR count). The quantitative estimate of drug-likeness (QED) is 0.729. The maximum Gasteiger partial charge on any atom is 0.222 e. The summed E-state index contributed by atoms with van der Waals surface area (Å²) >= 11 is 0. The van der Waals surface area contributed by atoms with Crippen LogP contribution < -0.4 is 10.4 Å². The Bertz CT molecular complexity index is 530. The summed E-state index contributed by atoms with van der Waals surface area (Å²) in [7, 11) is 3.42. The maximum atomic E-state index is 7.54. The van der Waals surface area contributed by atoms with Gasteiger partial charge in [-0.2, -0.15) is 0 Å². The van der Waals surface area contributed by atoms with E-state index < -0.39 is 0 Å². The van der Waals surface area contributed by atoms with Gasteiger partial charge in [-0.05, 0) is 12.1 Å². The number of rotatable bonds is 1. The minimum Gasteiger partial charge on any atom is -0.497 e. The van der Waals surface area contributed by atoms with Crippen LogP contribution in [-0.2, 0) is 7.05 Å². The Kier molecular flexibility index (Phi) is 1.96. The summed E-state index contributed by atoms with van der Waals surface area (Å²) in [5.41, 5.74) is 1.03. The second kappa shape index (κ2) is 3.14. The first-order valence-corrected chi connectivity index (χ1v) is 4.27. The number of aryl methyl sites for hydroxylation is 1. The van der Waals surface area contributed by atoms with E-state index in [-0.39, 0.29) is 5.62 Å². The highest BCUT2D eigenvalue weighted by molar-refractivity contribution is 5.78. The van der Waals surface area contributed by atoms with Gasteiger partial charge in [-0.15, -0.1) is 0 Å². The van der Waals surface area contributed by atoms with E-state index in [1.807, 2.05) is 24.4 Å². The zero-order valence-electron chi connectivity index (χ0n) is 8.11. The molecule has 0 aliphatic heterocycles. The molecule has 0 aliphatic rings. The number of nitrogens with zero attached hydrogens (tertiary/aromatic N) is 2. The second-order valence-electron chi connectivity index (χ2n) is 3.10. The van der Waals surface area contributed by atoms with Crippen LogP contribution in [0, 0.1) is 5.41 Å². The van der Waals surface area contributed by atoms with Gasteiger partial charge in [0.1, 0.15) is 5.75 Å². The molecule has 4 heteroatoms. The van der Waals surface area contributed by atoms with E-state index >= 15 is 0 Å². The molecular formula is C10H11N3O. The normalized spacial score (nSPS) is 10.4. The Balaban J connectivity index is 2.77.